The number of halogens is 2. The molecule has 2 aromatic rings. The molecule has 0 saturated heterocycles. The Morgan fingerprint density at radius 2 is 2.07 bits per heavy atom. The van der Waals surface area contributed by atoms with Gasteiger partial charge in [0.1, 0.15) is 5.82 Å². The Labute approximate surface area is 91.9 Å². The van der Waals surface area contributed by atoms with Gasteiger partial charge in [0, 0.05) is 5.39 Å². The maximum absolute atomic E-state index is 6.04. The summed E-state index contributed by atoms with van der Waals surface area (Å²) < 4.78 is 0. The molecule has 0 unspecified atom stereocenters. The number of aryl methyl sites for hydroxylation is 1. The number of benzene rings is 1. The molecule has 72 valence electrons. The monoisotopic (exact) mass is 226 g/mol. The molecular formula is C10H8Cl2N2. The van der Waals surface area contributed by atoms with Crippen molar-refractivity contribution in [3.05, 3.63) is 34.7 Å². The summed E-state index contributed by atoms with van der Waals surface area (Å²) in [6.45, 7) is 1.91. The van der Waals surface area contributed by atoms with Crippen molar-refractivity contribution in [2.75, 3.05) is 0 Å². The van der Waals surface area contributed by atoms with E-state index >= 15 is 0 Å². The van der Waals surface area contributed by atoms with E-state index < -0.39 is 0 Å². The molecule has 0 fully saturated rings. The Morgan fingerprint density at radius 3 is 2.79 bits per heavy atom. The lowest BCUT2D eigenvalue weighted by Gasteiger charge is -2.04. The van der Waals surface area contributed by atoms with Crippen LogP contribution in [0.15, 0.2) is 18.2 Å². The van der Waals surface area contributed by atoms with Crippen LogP contribution in [-0.4, -0.2) is 9.97 Å². The van der Waals surface area contributed by atoms with Gasteiger partial charge in [-0.3, -0.25) is 0 Å². The summed E-state index contributed by atoms with van der Waals surface area (Å²) in [4.78, 5) is 8.54. The molecule has 2 rings (SSSR count). The molecule has 1 heterocycles. The van der Waals surface area contributed by atoms with Crippen LogP contribution in [0.1, 0.15) is 11.5 Å². The molecule has 0 N–H and O–H groups in total. The number of hydrogen-bond donors (Lipinski definition) is 0. The van der Waals surface area contributed by atoms with E-state index in [9.17, 15) is 0 Å². The highest BCUT2D eigenvalue weighted by molar-refractivity contribution is 6.35. The third-order valence-electron chi connectivity index (χ3n) is 2.02. The summed E-state index contributed by atoms with van der Waals surface area (Å²) in [5, 5.41) is 1.59. The average Bonchev–Trinajstić information content (AvgIpc) is 2.17. The fourth-order valence-corrected chi connectivity index (χ4v) is 1.86. The van der Waals surface area contributed by atoms with E-state index in [-0.39, 0.29) is 0 Å². The Bertz CT molecular complexity index is 483. The molecule has 0 saturated carbocycles. The smallest absolute Gasteiger partial charge is 0.144 e. The van der Waals surface area contributed by atoms with Crippen molar-refractivity contribution in [2.45, 2.75) is 12.8 Å². The molecule has 2 nitrogen and oxygen atoms in total. The van der Waals surface area contributed by atoms with Crippen molar-refractivity contribution >= 4 is 34.1 Å². The van der Waals surface area contributed by atoms with E-state index in [1.807, 2.05) is 25.1 Å². The number of rotatable bonds is 1. The fourth-order valence-electron chi connectivity index (χ4n) is 1.44. The first kappa shape index (κ1) is 9.69. The summed E-state index contributed by atoms with van der Waals surface area (Å²) in [5.74, 6) is 0.961. The van der Waals surface area contributed by atoms with E-state index in [4.69, 9.17) is 23.2 Å². The van der Waals surface area contributed by atoms with Crippen molar-refractivity contribution in [3.8, 4) is 0 Å². The van der Waals surface area contributed by atoms with Gasteiger partial charge in [-0.1, -0.05) is 17.7 Å². The summed E-state index contributed by atoms with van der Waals surface area (Å²) in [7, 11) is 0. The van der Waals surface area contributed by atoms with E-state index in [0.717, 1.165) is 16.6 Å². The second-order valence-corrected chi connectivity index (χ2v) is 3.67. The van der Waals surface area contributed by atoms with Crippen LogP contribution in [0.2, 0.25) is 5.02 Å². The first-order valence-corrected chi connectivity index (χ1v) is 5.11. The molecule has 4 heteroatoms. The van der Waals surface area contributed by atoms with Gasteiger partial charge in [0.2, 0.25) is 0 Å². The predicted octanol–water partition coefficient (Wildman–Crippen LogP) is 3.33. The highest BCUT2D eigenvalue weighted by atomic mass is 35.5. The van der Waals surface area contributed by atoms with E-state index in [2.05, 4.69) is 9.97 Å². The lowest BCUT2D eigenvalue weighted by Crippen LogP contribution is -1.96. The minimum absolute atomic E-state index is 0.323. The van der Waals surface area contributed by atoms with E-state index in [1.54, 1.807) is 0 Å². The van der Waals surface area contributed by atoms with Crippen molar-refractivity contribution in [3.63, 3.8) is 0 Å². The van der Waals surface area contributed by atoms with E-state index in [1.165, 1.54) is 0 Å². The van der Waals surface area contributed by atoms with Gasteiger partial charge in [-0.25, -0.2) is 9.97 Å². The van der Waals surface area contributed by atoms with E-state index in [0.29, 0.717) is 16.7 Å². The Hall–Kier alpha value is -0.860. The maximum atomic E-state index is 6.04. The molecule has 0 radical (unpaired) electrons. The Morgan fingerprint density at radius 1 is 1.29 bits per heavy atom. The van der Waals surface area contributed by atoms with Crippen molar-refractivity contribution < 1.29 is 0 Å². The normalized spacial score (nSPS) is 10.8. The van der Waals surface area contributed by atoms with Crippen molar-refractivity contribution in [2.24, 2.45) is 0 Å². The zero-order chi connectivity index (χ0) is 10.1. The quantitative estimate of drug-likeness (QED) is 0.698. The van der Waals surface area contributed by atoms with Gasteiger partial charge in [-0.05, 0) is 19.1 Å². The fraction of sp³-hybridized carbons (Fsp3) is 0.200. The van der Waals surface area contributed by atoms with Gasteiger partial charge in [0.05, 0.1) is 22.1 Å². The van der Waals surface area contributed by atoms with Gasteiger partial charge in [0.15, 0.2) is 0 Å². The Kier molecular flexibility index (Phi) is 2.57. The number of hydrogen-bond acceptors (Lipinski definition) is 2. The summed E-state index contributed by atoms with van der Waals surface area (Å²) >= 11 is 11.7. The molecule has 0 atom stereocenters. The molecule has 0 aliphatic heterocycles. The third kappa shape index (κ3) is 1.56. The van der Waals surface area contributed by atoms with Crippen LogP contribution < -0.4 is 0 Å². The number of alkyl halides is 1. The highest BCUT2D eigenvalue weighted by Crippen LogP contribution is 2.24. The lowest BCUT2D eigenvalue weighted by atomic mass is 10.2. The second kappa shape index (κ2) is 3.71. The molecule has 1 aromatic heterocycles. The van der Waals surface area contributed by atoms with Gasteiger partial charge in [-0.2, -0.15) is 0 Å². The number of nitrogens with zero attached hydrogens (tertiary/aromatic N) is 2. The van der Waals surface area contributed by atoms with Gasteiger partial charge in [0.25, 0.3) is 0 Å². The van der Waals surface area contributed by atoms with Crippen LogP contribution in [-0.2, 0) is 5.88 Å². The van der Waals surface area contributed by atoms with Crippen molar-refractivity contribution in [1.82, 2.24) is 9.97 Å². The molecular weight excluding hydrogens is 219 g/mol. The van der Waals surface area contributed by atoms with Crippen LogP contribution in [0.25, 0.3) is 10.9 Å². The maximum Gasteiger partial charge on any atom is 0.144 e. The molecule has 1 aromatic carbocycles. The number of aromatic nitrogens is 2. The number of fused-ring (bicyclic) bond motifs is 1. The second-order valence-electron chi connectivity index (χ2n) is 2.99. The van der Waals surface area contributed by atoms with Gasteiger partial charge in [-0.15, -0.1) is 11.6 Å². The standard InChI is InChI=1S/C10H8Cl2N2/c1-6-10-7(12)3-2-4-8(10)14-9(5-11)13-6/h2-4H,5H2,1H3. The molecule has 0 aliphatic rings. The molecule has 0 bridgehead atoms. The van der Waals surface area contributed by atoms with Crippen LogP contribution in [0, 0.1) is 6.92 Å². The third-order valence-corrected chi connectivity index (χ3v) is 2.57. The van der Waals surface area contributed by atoms with Crippen LogP contribution in [0.5, 0.6) is 0 Å². The molecule has 0 aliphatic carbocycles. The topological polar surface area (TPSA) is 25.8 Å². The van der Waals surface area contributed by atoms with Crippen LogP contribution in [0.4, 0.5) is 0 Å². The van der Waals surface area contributed by atoms with Crippen LogP contribution >= 0.6 is 23.2 Å². The largest absolute Gasteiger partial charge is 0.236 e. The lowest BCUT2D eigenvalue weighted by molar-refractivity contribution is 1.03. The zero-order valence-electron chi connectivity index (χ0n) is 7.59. The molecule has 0 spiro atoms. The van der Waals surface area contributed by atoms with Crippen LogP contribution in [0.3, 0.4) is 0 Å². The molecule has 0 amide bonds. The summed E-state index contributed by atoms with van der Waals surface area (Å²) in [6.07, 6.45) is 0. The van der Waals surface area contributed by atoms with Crippen molar-refractivity contribution in [1.29, 1.82) is 0 Å². The predicted molar refractivity (Wildman–Crippen MR) is 58.8 cm³/mol. The Balaban J connectivity index is 2.83. The summed E-state index contributed by atoms with van der Waals surface area (Å²) in [6, 6.07) is 5.61. The van der Waals surface area contributed by atoms with Gasteiger partial charge >= 0.3 is 0 Å². The minimum atomic E-state index is 0.323. The minimum Gasteiger partial charge on any atom is -0.236 e. The first-order valence-electron chi connectivity index (χ1n) is 4.20. The SMILES string of the molecule is Cc1nc(CCl)nc2cccc(Cl)c12. The zero-order valence-corrected chi connectivity index (χ0v) is 9.10. The molecule has 14 heavy (non-hydrogen) atoms. The van der Waals surface area contributed by atoms with Gasteiger partial charge < -0.3 is 0 Å². The average molecular weight is 227 g/mol. The highest BCUT2D eigenvalue weighted by Gasteiger charge is 2.06. The summed E-state index contributed by atoms with van der Waals surface area (Å²) in [5.41, 5.74) is 1.72. The first-order chi connectivity index (χ1) is 6.72.